The van der Waals surface area contributed by atoms with E-state index < -0.39 is 9.05 Å². The summed E-state index contributed by atoms with van der Waals surface area (Å²) in [5.74, 6) is 0.0669. The number of hydrogen-bond donors (Lipinski definition) is 0. The van der Waals surface area contributed by atoms with Gasteiger partial charge in [0, 0.05) is 22.7 Å². The number of hydrogen-bond acceptors (Lipinski definition) is 3. The summed E-state index contributed by atoms with van der Waals surface area (Å²) in [5, 5.41) is 0. The van der Waals surface area contributed by atoms with E-state index in [1.54, 1.807) is 0 Å². The van der Waals surface area contributed by atoms with E-state index in [4.69, 9.17) is 15.4 Å². The van der Waals surface area contributed by atoms with Crippen LogP contribution in [0.3, 0.4) is 0 Å². The lowest BCUT2D eigenvalue weighted by Gasteiger charge is -2.27. The van der Waals surface area contributed by atoms with Gasteiger partial charge in [-0.3, -0.25) is 0 Å². The van der Waals surface area contributed by atoms with Gasteiger partial charge < -0.3 is 4.74 Å². The van der Waals surface area contributed by atoms with Gasteiger partial charge in [0.25, 0.3) is 0 Å². The van der Waals surface area contributed by atoms with Gasteiger partial charge in [-0.25, -0.2) is 8.42 Å². The first-order chi connectivity index (χ1) is 8.97. The molecule has 0 saturated heterocycles. The molecule has 0 bridgehead atoms. The molecule has 1 rings (SSSR count). The lowest BCUT2D eigenvalue weighted by atomic mass is 9.90. The molecule has 0 aromatic rings. The summed E-state index contributed by atoms with van der Waals surface area (Å²) in [6.45, 7) is 3.49. The van der Waals surface area contributed by atoms with Crippen LogP contribution in [0.2, 0.25) is 0 Å². The van der Waals surface area contributed by atoms with Crippen molar-refractivity contribution in [1.82, 2.24) is 0 Å². The molecule has 0 radical (unpaired) electrons. The molecule has 114 valence electrons. The number of halogens is 1. The summed E-state index contributed by atoms with van der Waals surface area (Å²) in [6.07, 6.45) is 10.1. The van der Waals surface area contributed by atoms with Gasteiger partial charge >= 0.3 is 0 Å². The van der Waals surface area contributed by atoms with Crippen molar-refractivity contribution in [2.75, 3.05) is 19.0 Å². The molecule has 19 heavy (non-hydrogen) atoms. The fourth-order valence-electron chi connectivity index (χ4n) is 2.92. The zero-order valence-electron chi connectivity index (χ0n) is 12.0. The quantitative estimate of drug-likeness (QED) is 0.450. The second-order valence-corrected chi connectivity index (χ2v) is 8.63. The van der Waals surface area contributed by atoms with E-state index in [9.17, 15) is 8.42 Å². The predicted molar refractivity (Wildman–Crippen MR) is 80.1 cm³/mol. The molecule has 0 aliphatic heterocycles. The van der Waals surface area contributed by atoms with Crippen LogP contribution in [-0.2, 0) is 13.8 Å². The van der Waals surface area contributed by atoms with Crippen LogP contribution >= 0.6 is 10.7 Å². The number of ether oxygens (including phenoxy) is 1. The van der Waals surface area contributed by atoms with Crippen molar-refractivity contribution in [2.45, 2.75) is 64.7 Å². The third kappa shape index (κ3) is 7.52. The summed E-state index contributed by atoms with van der Waals surface area (Å²) in [6, 6.07) is 0. The third-order valence-corrected chi connectivity index (χ3v) is 5.23. The van der Waals surface area contributed by atoms with Gasteiger partial charge in [0.2, 0.25) is 9.05 Å². The van der Waals surface area contributed by atoms with E-state index in [0.717, 1.165) is 38.7 Å². The Morgan fingerprint density at radius 2 is 1.74 bits per heavy atom. The molecule has 0 unspecified atom stereocenters. The summed E-state index contributed by atoms with van der Waals surface area (Å²) in [4.78, 5) is 0. The van der Waals surface area contributed by atoms with Crippen LogP contribution in [-0.4, -0.2) is 27.4 Å². The van der Waals surface area contributed by atoms with Crippen molar-refractivity contribution in [2.24, 2.45) is 5.41 Å². The van der Waals surface area contributed by atoms with E-state index in [1.165, 1.54) is 25.7 Å². The number of rotatable bonds is 10. The highest BCUT2D eigenvalue weighted by Crippen LogP contribution is 2.40. The Morgan fingerprint density at radius 1 is 1.11 bits per heavy atom. The summed E-state index contributed by atoms with van der Waals surface area (Å²) < 4.78 is 28.3. The molecule has 1 fully saturated rings. The molecule has 0 N–H and O–H groups in total. The first kappa shape index (κ1) is 17.3. The van der Waals surface area contributed by atoms with Gasteiger partial charge in [-0.15, -0.1) is 0 Å². The van der Waals surface area contributed by atoms with Crippen LogP contribution in [0.15, 0.2) is 0 Å². The maximum atomic E-state index is 11.3. The normalized spacial score (nSPS) is 18.8. The fourth-order valence-corrected chi connectivity index (χ4v) is 4.72. The second-order valence-electron chi connectivity index (χ2n) is 5.86. The van der Waals surface area contributed by atoms with Gasteiger partial charge in [0.1, 0.15) is 0 Å². The average molecular weight is 311 g/mol. The van der Waals surface area contributed by atoms with E-state index in [-0.39, 0.29) is 11.2 Å². The van der Waals surface area contributed by atoms with E-state index in [0.29, 0.717) is 6.61 Å². The van der Waals surface area contributed by atoms with Gasteiger partial charge in [-0.05, 0) is 19.3 Å². The van der Waals surface area contributed by atoms with Crippen LogP contribution < -0.4 is 0 Å². The SMILES string of the molecule is CCCCCCCOCC1(CS(=O)(=O)Cl)CCCC1. The molecule has 0 atom stereocenters. The Bertz CT molecular complexity index is 335. The summed E-state index contributed by atoms with van der Waals surface area (Å²) in [7, 11) is 1.99. The highest BCUT2D eigenvalue weighted by Gasteiger charge is 2.37. The molecule has 3 nitrogen and oxygen atoms in total. The van der Waals surface area contributed by atoms with Crippen LogP contribution in [0.4, 0.5) is 0 Å². The first-order valence-electron chi connectivity index (χ1n) is 7.47. The molecule has 5 heteroatoms. The molecule has 0 aromatic heterocycles. The molecular weight excluding hydrogens is 284 g/mol. The standard InChI is InChI=1S/C14H27ClO3S/c1-2-3-4-5-8-11-18-12-14(9-6-7-10-14)13-19(15,16)17/h2-13H2,1H3. The number of unbranched alkanes of at least 4 members (excludes halogenated alkanes) is 4. The summed E-state index contributed by atoms with van der Waals surface area (Å²) in [5.41, 5.74) is -0.218. The minimum absolute atomic E-state index is 0.0669. The lowest BCUT2D eigenvalue weighted by Crippen LogP contribution is -2.30. The Morgan fingerprint density at radius 3 is 2.32 bits per heavy atom. The van der Waals surface area contributed by atoms with E-state index >= 15 is 0 Å². The van der Waals surface area contributed by atoms with E-state index in [2.05, 4.69) is 6.92 Å². The molecule has 1 aliphatic rings. The Hall–Kier alpha value is 0.200. The van der Waals surface area contributed by atoms with Crippen molar-refractivity contribution >= 4 is 19.7 Å². The van der Waals surface area contributed by atoms with Crippen molar-refractivity contribution in [1.29, 1.82) is 0 Å². The van der Waals surface area contributed by atoms with E-state index in [1.807, 2.05) is 0 Å². The smallest absolute Gasteiger partial charge is 0.233 e. The van der Waals surface area contributed by atoms with Gasteiger partial charge in [-0.2, -0.15) is 0 Å². The maximum absolute atomic E-state index is 11.3. The van der Waals surface area contributed by atoms with Crippen LogP contribution in [0.25, 0.3) is 0 Å². The topological polar surface area (TPSA) is 43.4 Å². The third-order valence-electron chi connectivity index (χ3n) is 3.94. The molecule has 0 spiro atoms. The van der Waals surface area contributed by atoms with Gasteiger partial charge in [-0.1, -0.05) is 45.4 Å². The Kier molecular flexibility index (Phi) is 7.70. The average Bonchev–Trinajstić information content (AvgIpc) is 2.74. The molecular formula is C14H27ClO3S. The summed E-state index contributed by atoms with van der Waals surface area (Å²) >= 11 is 0. The monoisotopic (exact) mass is 310 g/mol. The van der Waals surface area contributed by atoms with Crippen molar-refractivity contribution in [3.8, 4) is 0 Å². The van der Waals surface area contributed by atoms with Gasteiger partial charge in [0.05, 0.1) is 12.4 Å². The fraction of sp³-hybridized carbons (Fsp3) is 1.00. The van der Waals surface area contributed by atoms with Crippen LogP contribution in [0, 0.1) is 5.41 Å². The maximum Gasteiger partial charge on any atom is 0.233 e. The highest BCUT2D eigenvalue weighted by molar-refractivity contribution is 8.13. The largest absolute Gasteiger partial charge is 0.381 e. The van der Waals surface area contributed by atoms with Crippen LogP contribution in [0.5, 0.6) is 0 Å². The van der Waals surface area contributed by atoms with Gasteiger partial charge in [0.15, 0.2) is 0 Å². The minimum atomic E-state index is -3.43. The minimum Gasteiger partial charge on any atom is -0.381 e. The van der Waals surface area contributed by atoms with Crippen LogP contribution in [0.1, 0.15) is 64.7 Å². The molecule has 0 aromatic carbocycles. The van der Waals surface area contributed by atoms with Crippen molar-refractivity contribution in [3.63, 3.8) is 0 Å². The van der Waals surface area contributed by atoms with Crippen molar-refractivity contribution < 1.29 is 13.2 Å². The molecule has 0 amide bonds. The first-order valence-corrected chi connectivity index (χ1v) is 9.95. The highest BCUT2D eigenvalue weighted by atomic mass is 35.7. The Labute approximate surface area is 122 Å². The molecule has 0 heterocycles. The second kappa shape index (κ2) is 8.48. The van der Waals surface area contributed by atoms with Crippen molar-refractivity contribution in [3.05, 3.63) is 0 Å². The zero-order valence-corrected chi connectivity index (χ0v) is 13.6. The Balaban J connectivity index is 2.23. The lowest BCUT2D eigenvalue weighted by molar-refractivity contribution is 0.0558. The predicted octanol–water partition coefficient (Wildman–Crippen LogP) is 4.10. The zero-order chi connectivity index (χ0) is 14.2. The molecule has 1 saturated carbocycles. The molecule has 1 aliphatic carbocycles.